The van der Waals surface area contributed by atoms with Gasteiger partial charge in [-0.2, -0.15) is 0 Å². The van der Waals surface area contributed by atoms with Gasteiger partial charge in [-0.25, -0.2) is 4.79 Å². The van der Waals surface area contributed by atoms with Crippen molar-refractivity contribution in [2.45, 2.75) is 19.9 Å². The van der Waals surface area contributed by atoms with Crippen molar-refractivity contribution >= 4 is 34.9 Å². The molecule has 3 rings (SSSR count). The first-order chi connectivity index (χ1) is 12.4. The number of para-hydroxylation sites is 1. The Bertz CT molecular complexity index is 920. The highest BCUT2D eigenvalue weighted by Gasteiger charge is 2.31. The van der Waals surface area contributed by atoms with Crippen molar-refractivity contribution in [3.05, 3.63) is 69.8 Å². The van der Waals surface area contributed by atoms with Crippen molar-refractivity contribution in [2.24, 2.45) is 0 Å². The number of benzene rings is 2. The number of anilines is 1. The Morgan fingerprint density at radius 1 is 1.27 bits per heavy atom. The Labute approximate surface area is 156 Å². The molecule has 1 amide bonds. The summed E-state index contributed by atoms with van der Waals surface area (Å²) in [6, 6.07) is 12.5. The smallest absolute Gasteiger partial charge is 0.338 e. The second kappa shape index (κ2) is 7.22. The van der Waals surface area contributed by atoms with Crippen LogP contribution in [0.2, 0.25) is 5.02 Å². The fourth-order valence-corrected chi connectivity index (χ4v) is 3.12. The lowest BCUT2D eigenvalue weighted by Gasteiger charge is -2.23. The SMILES string of the molecule is COC(=O)C1=C(O)c2ccccc2N(Cc2ccc(C)c(Cl)c2)C(=O)C1. The van der Waals surface area contributed by atoms with E-state index >= 15 is 0 Å². The van der Waals surface area contributed by atoms with E-state index in [0.717, 1.165) is 11.1 Å². The molecule has 0 saturated heterocycles. The minimum Gasteiger partial charge on any atom is -0.507 e. The Hall–Kier alpha value is -2.79. The normalized spacial score (nSPS) is 14.1. The third kappa shape index (κ3) is 3.30. The minimum absolute atomic E-state index is 0.0469. The molecule has 5 nitrogen and oxygen atoms in total. The Kier molecular flexibility index (Phi) is 5.00. The van der Waals surface area contributed by atoms with Crippen LogP contribution in [0.25, 0.3) is 5.76 Å². The van der Waals surface area contributed by atoms with Crippen molar-refractivity contribution in [3.63, 3.8) is 0 Å². The monoisotopic (exact) mass is 371 g/mol. The Balaban J connectivity index is 2.06. The molecule has 0 atom stereocenters. The van der Waals surface area contributed by atoms with Crippen LogP contribution >= 0.6 is 11.6 Å². The van der Waals surface area contributed by atoms with Gasteiger partial charge in [-0.05, 0) is 36.2 Å². The zero-order valence-corrected chi connectivity index (χ0v) is 15.2. The topological polar surface area (TPSA) is 66.8 Å². The van der Waals surface area contributed by atoms with Crippen LogP contribution in [-0.2, 0) is 20.9 Å². The van der Waals surface area contributed by atoms with Gasteiger partial charge in [0.05, 0.1) is 31.3 Å². The number of methoxy groups -OCH3 is 1. The highest BCUT2D eigenvalue weighted by molar-refractivity contribution is 6.31. The van der Waals surface area contributed by atoms with Crippen LogP contribution in [0.1, 0.15) is 23.1 Å². The molecule has 0 aromatic heterocycles. The molecule has 0 aliphatic carbocycles. The number of fused-ring (bicyclic) bond motifs is 1. The van der Waals surface area contributed by atoms with E-state index in [0.29, 0.717) is 16.3 Å². The molecule has 134 valence electrons. The van der Waals surface area contributed by atoms with E-state index in [9.17, 15) is 14.7 Å². The van der Waals surface area contributed by atoms with Crippen molar-refractivity contribution in [1.29, 1.82) is 0 Å². The van der Waals surface area contributed by atoms with Crippen LogP contribution in [0.4, 0.5) is 5.69 Å². The maximum absolute atomic E-state index is 12.8. The van der Waals surface area contributed by atoms with Gasteiger partial charge in [0.1, 0.15) is 5.76 Å². The first kappa shape index (κ1) is 18.0. The summed E-state index contributed by atoms with van der Waals surface area (Å²) in [4.78, 5) is 26.4. The van der Waals surface area contributed by atoms with Crippen molar-refractivity contribution in [3.8, 4) is 0 Å². The fourth-order valence-electron chi connectivity index (χ4n) is 2.92. The molecule has 1 N–H and O–H groups in total. The number of aliphatic hydroxyl groups excluding tert-OH is 1. The minimum atomic E-state index is -0.717. The molecule has 0 unspecified atom stereocenters. The average Bonchev–Trinajstić information content (AvgIpc) is 2.74. The lowest BCUT2D eigenvalue weighted by molar-refractivity contribution is -0.137. The summed E-state index contributed by atoms with van der Waals surface area (Å²) in [6.07, 6.45) is -0.243. The molecule has 2 aromatic carbocycles. The van der Waals surface area contributed by atoms with E-state index in [1.165, 1.54) is 7.11 Å². The molecular formula is C20H18ClNO4. The zero-order chi connectivity index (χ0) is 18.8. The summed E-state index contributed by atoms with van der Waals surface area (Å²) in [7, 11) is 1.22. The molecule has 1 aliphatic rings. The molecule has 26 heavy (non-hydrogen) atoms. The third-order valence-electron chi connectivity index (χ3n) is 4.37. The molecule has 2 aromatic rings. The van der Waals surface area contributed by atoms with Gasteiger partial charge in [0.15, 0.2) is 0 Å². The fraction of sp³-hybridized carbons (Fsp3) is 0.200. The van der Waals surface area contributed by atoms with Gasteiger partial charge in [-0.1, -0.05) is 35.9 Å². The molecule has 0 spiro atoms. The van der Waals surface area contributed by atoms with E-state index in [4.69, 9.17) is 16.3 Å². The molecule has 0 radical (unpaired) electrons. The highest BCUT2D eigenvalue weighted by atomic mass is 35.5. The summed E-state index contributed by atoms with van der Waals surface area (Å²) in [6.45, 7) is 2.18. The maximum atomic E-state index is 12.8. The van der Waals surface area contributed by atoms with E-state index in [-0.39, 0.29) is 30.2 Å². The number of aliphatic hydroxyl groups is 1. The lowest BCUT2D eigenvalue weighted by Crippen LogP contribution is -2.30. The van der Waals surface area contributed by atoms with Gasteiger partial charge in [0.2, 0.25) is 5.91 Å². The van der Waals surface area contributed by atoms with Crippen molar-refractivity contribution in [2.75, 3.05) is 12.0 Å². The molecule has 6 heteroatoms. The van der Waals surface area contributed by atoms with Gasteiger partial charge in [0.25, 0.3) is 0 Å². The number of halogens is 1. The highest BCUT2D eigenvalue weighted by Crippen LogP contribution is 2.34. The quantitative estimate of drug-likeness (QED) is 0.827. The van der Waals surface area contributed by atoms with Crippen LogP contribution in [0.15, 0.2) is 48.0 Å². The summed E-state index contributed by atoms with van der Waals surface area (Å²) in [5.74, 6) is -1.25. The molecule has 1 aliphatic heterocycles. The van der Waals surface area contributed by atoms with E-state index in [1.54, 1.807) is 29.2 Å². The largest absolute Gasteiger partial charge is 0.507 e. The summed E-state index contributed by atoms with van der Waals surface area (Å²) in [5.41, 5.74) is 2.70. The van der Waals surface area contributed by atoms with Crippen LogP contribution in [0.5, 0.6) is 0 Å². The number of nitrogens with zero attached hydrogens (tertiary/aromatic N) is 1. The number of hydrogen-bond donors (Lipinski definition) is 1. The second-order valence-electron chi connectivity index (χ2n) is 6.08. The average molecular weight is 372 g/mol. The maximum Gasteiger partial charge on any atom is 0.338 e. The molecule has 0 bridgehead atoms. The number of rotatable bonds is 3. The van der Waals surface area contributed by atoms with Crippen molar-refractivity contribution < 1.29 is 19.4 Å². The zero-order valence-electron chi connectivity index (χ0n) is 14.5. The number of aryl methyl sites for hydroxylation is 1. The number of carbonyl (C=O) groups excluding carboxylic acids is 2. The Morgan fingerprint density at radius 2 is 2.00 bits per heavy atom. The van der Waals surface area contributed by atoms with Gasteiger partial charge in [-0.15, -0.1) is 0 Å². The first-order valence-corrected chi connectivity index (χ1v) is 8.45. The summed E-state index contributed by atoms with van der Waals surface area (Å²) < 4.78 is 4.72. The van der Waals surface area contributed by atoms with Gasteiger partial charge >= 0.3 is 5.97 Å². The van der Waals surface area contributed by atoms with Crippen molar-refractivity contribution in [1.82, 2.24) is 0 Å². The molecule has 1 heterocycles. The first-order valence-electron chi connectivity index (χ1n) is 8.07. The van der Waals surface area contributed by atoms with Crippen LogP contribution in [0, 0.1) is 6.92 Å². The van der Waals surface area contributed by atoms with Crippen LogP contribution in [0.3, 0.4) is 0 Å². The third-order valence-corrected chi connectivity index (χ3v) is 4.78. The number of ether oxygens (including phenoxy) is 1. The molecule has 0 saturated carbocycles. The number of hydrogen-bond acceptors (Lipinski definition) is 4. The number of amides is 1. The van der Waals surface area contributed by atoms with Crippen LogP contribution in [-0.4, -0.2) is 24.1 Å². The number of carbonyl (C=O) groups is 2. The molecular weight excluding hydrogens is 354 g/mol. The molecule has 0 fully saturated rings. The standard InChI is InChI=1S/C20H18ClNO4/c1-12-7-8-13(9-16(12)21)11-22-17-6-4-3-5-14(17)19(24)15(10-18(22)23)20(25)26-2/h3-9,24H,10-11H2,1-2H3. The second-order valence-corrected chi connectivity index (χ2v) is 6.48. The summed E-state index contributed by atoms with van der Waals surface area (Å²) >= 11 is 6.19. The van der Waals surface area contributed by atoms with E-state index < -0.39 is 5.97 Å². The Morgan fingerprint density at radius 3 is 2.69 bits per heavy atom. The lowest BCUT2D eigenvalue weighted by atomic mass is 10.1. The number of esters is 1. The van der Waals surface area contributed by atoms with E-state index in [1.807, 2.05) is 25.1 Å². The van der Waals surface area contributed by atoms with Gasteiger partial charge in [0, 0.05) is 10.6 Å². The van der Waals surface area contributed by atoms with Gasteiger partial charge in [-0.3, -0.25) is 4.79 Å². The predicted molar refractivity (Wildman–Crippen MR) is 100 cm³/mol. The summed E-state index contributed by atoms with van der Waals surface area (Å²) in [5, 5.41) is 11.2. The van der Waals surface area contributed by atoms with E-state index in [2.05, 4.69) is 0 Å². The van der Waals surface area contributed by atoms with Gasteiger partial charge < -0.3 is 14.7 Å². The van der Waals surface area contributed by atoms with Crippen LogP contribution < -0.4 is 4.90 Å². The predicted octanol–water partition coefficient (Wildman–Crippen LogP) is 4.03.